The molecule has 0 saturated heterocycles. The lowest BCUT2D eigenvalue weighted by Crippen LogP contribution is -2.39. The van der Waals surface area contributed by atoms with E-state index in [1.54, 1.807) is 36.4 Å². The molecule has 8 heteroatoms. The Kier molecular flexibility index (Phi) is 7.59. The number of hydrogen-bond donors (Lipinski definition) is 2. The number of rotatable bonds is 7. The Morgan fingerprint density at radius 1 is 1.15 bits per heavy atom. The van der Waals surface area contributed by atoms with Crippen LogP contribution in [0.1, 0.15) is 12.5 Å². The van der Waals surface area contributed by atoms with Crippen LogP contribution < -0.4 is 10.6 Å². The SMILES string of the molecule is CCNC(=NCc1cccc(F)c1)NCCS(=O)(=O)c1ccc(Br)cc1. The number of guanidine groups is 1. The molecule has 0 aliphatic carbocycles. The predicted molar refractivity (Wildman–Crippen MR) is 105 cm³/mol. The highest BCUT2D eigenvalue weighted by Gasteiger charge is 2.14. The highest BCUT2D eigenvalue weighted by Crippen LogP contribution is 2.15. The largest absolute Gasteiger partial charge is 0.357 e. The van der Waals surface area contributed by atoms with Crippen molar-refractivity contribution in [1.29, 1.82) is 0 Å². The van der Waals surface area contributed by atoms with Crippen molar-refractivity contribution in [3.05, 3.63) is 64.4 Å². The van der Waals surface area contributed by atoms with Crippen molar-refractivity contribution >= 4 is 31.7 Å². The topological polar surface area (TPSA) is 70.6 Å². The van der Waals surface area contributed by atoms with Gasteiger partial charge in [0.2, 0.25) is 0 Å². The number of nitrogens with zero attached hydrogens (tertiary/aromatic N) is 1. The summed E-state index contributed by atoms with van der Waals surface area (Å²) in [7, 11) is -3.38. The minimum atomic E-state index is -3.38. The molecule has 0 radical (unpaired) electrons. The number of halogens is 2. The number of sulfone groups is 1. The minimum absolute atomic E-state index is 0.0565. The predicted octanol–water partition coefficient (Wildman–Crippen LogP) is 3.12. The molecule has 0 aliphatic rings. The maximum Gasteiger partial charge on any atom is 0.191 e. The summed E-state index contributed by atoms with van der Waals surface area (Å²) < 4.78 is 38.7. The van der Waals surface area contributed by atoms with Gasteiger partial charge in [0, 0.05) is 17.6 Å². The Morgan fingerprint density at radius 2 is 1.88 bits per heavy atom. The molecule has 26 heavy (non-hydrogen) atoms. The van der Waals surface area contributed by atoms with Crippen LogP contribution in [0.15, 0.2) is 62.9 Å². The lowest BCUT2D eigenvalue weighted by molar-refractivity contribution is 0.594. The van der Waals surface area contributed by atoms with Gasteiger partial charge in [0.05, 0.1) is 17.2 Å². The second-order valence-electron chi connectivity index (χ2n) is 5.52. The van der Waals surface area contributed by atoms with Crippen molar-refractivity contribution in [2.24, 2.45) is 4.99 Å². The summed E-state index contributed by atoms with van der Waals surface area (Å²) in [6.45, 7) is 3.06. The summed E-state index contributed by atoms with van der Waals surface area (Å²) in [6.07, 6.45) is 0. The summed E-state index contributed by atoms with van der Waals surface area (Å²) in [4.78, 5) is 4.64. The molecule has 0 saturated carbocycles. The van der Waals surface area contributed by atoms with Crippen LogP contribution in [0.4, 0.5) is 4.39 Å². The first-order chi connectivity index (χ1) is 12.4. The van der Waals surface area contributed by atoms with Crippen molar-refractivity contribution in [3.63, 3.8) is 0 Å². The maximum absolute atomic E-state index is 13.2. The monoisotopic (exact) mass is 441 g/mol. The minimum Gasteiger partial charge on any atom is -0.357 e. The molecule has 0 spiro atoms. The molecule has 5 nitrogen and oxygen atoms in total. The van der Waals surface area contributed by atoms with Crippen molar-refractivity contribution < 1.29 is 12.8 Å². The Hall–Kier alpha value is -1.93. The van der Waals surface area contributed by atoms with Crippen LogP contribution in [-0.4, -0.2) is 33.2 Å². The Balaban J connectivity index is 1.95. The second kappa shape index (κ2) is 9.68. The van der Waals surface area contributed by atoms with Crippen molar-refractivity contribution in [1.82, 2.24) is 10.6 Å². The lowest BCUT2D eigenvalue weighted by Gasteiger charge is -2.12. The Morgan fingerprint density at radius 3 is 2.54 bits per heavy atom. The third kappa shape index (κ3) is 6.42. The molecular weight excluding hydrogens is 421 g/mol. The zero-order chi connectivity index (χ0) is 19.0. The van der Waals surface area contributed by atoms with Crippen molar-refractivity contribution in [2.75, 3.05) is 18.8 Å². The maximum atomic E-state index is 13.2. The van der Waals surface area contributed by atoms with Crippen LogP contribution >= 0.6 is 15.9 Å². The van der Waals surface area contributed by atoms with Crippen LogP contribution in [0, 0.1) is 5.82 Å². The number of nitrogens with one attached hydrogen (secondary N) is 2. The fourth-order valence-corrected chi connectivity index (χ4v) is 3.63. The molecule has 2 rings (SSSR count). The van der Waals surface area contributed by atoms with Gasteiger partial charge in [0.1, 0.15) is 5.82 Å². The number of aliphatic imine (C=N–C) groups is 1. The molecule has 0 fully saturated rings. The quantitative estimate of drug-likeness (QED) is 0.511. The first kappa shape index (κ1) is 20.4. The van der Waals surface area contributed by atoms with Gasteiger partial charge in [-0.25, -0.2) is 17.8 Å². The van der Waals surface area contributed by atoms with Gasteiger partial charge in [-0.3, -0.25) is 0 Å². The van der Waals surface area contributed by atoms with Gasteiger partial charge in [-0.15, -0.1) is 0 Å². The number of hydrogen-bond acceptors (Lipinski definition) is 3. The first-order valence-corrected chi connectivity index (χ1v) is 10.6. The van der Waals surface area contributed by atoms with Gasteiger partial charge in [-0.05, 0) is 48.9 Å². The average molecular weight is 442 g/mol. The van der Waals surface area contributed by atoms with Crippen LogP contribution in [0.3, 0.4) is 0 Å². The third-order valence-electron chi connectivity index (χ3n) is 3.49. The van der Waals surface area contributed by atoms with E-state index in [2.05, 4.69) is 31.6 Å². The zero-order valence-electron chi connectivity index (χ0n) is 14.4. The molecule has 0 unspecified atom stereocenters. The molecular formula is C18H21BrFN3O2S. The summed E-state index contributed by atoms with van der Waals surface area (Å²) in [5, 5.41) is 6.04. The third-order valence-corrected chi connectivity index (χ3v) is 5.75. The van der Waals surface area contributed by atoms with Crippen LogP contribution in [0.25, 0.3) is 0 Å². The van der Waals surface area contributed by atoms with Crippen molar-refractivity contribution in [3.8, 4) is 0 Å². The smallest absolute Gasteiger partial charge is 0.191 e. The standard InChI is InChI=1S/C18H21BrFN3O2S/c1-2-21-18(23-13-14-4-3-5-16(20)12-14)22-10-11-26(24,25)17-8-6-15(19)7-9-17/h3-9,12H,2,10-11,13H2,1H3,(H2,21,22,23). The van der Waals surface area contributed by atoms with E-state index in [0.717, 1.165) is 10.0 Å². The molecule has 2 N–H and O–H groups in total. The second-order valence-corrected chi connectivity index (χ2v) is 8.55. The Labute approximate surface area is 161 Å². The van der Waals surface area contributed by atoms with E-state index in [9.17, 15) is 12.8 Å². The molecule has 0 aliphatic heterocycles. The van der Waals surface area contributed by atoms with E-state index in [1.165, 1.54) is 12.1 Å². The van der Waals surface area contributed by atoms with Gasteiger partial charge < -0.3 is 10.6 Å². The molecule has 0 amide bonds. The van der Waals surface area contributed by atoms with Gasteiger partial charge in [0.25, 0.3) is 0 Å². The average Bonchev–Trinajstić information content (AvgIpc) is 2.60. The zero-order valence-corrected chi connectivity index (χ0v) is 16.8. The summed E-state index contributed by atoms with van der Waals surface area (Å²) in [5.74, 6) is 0.123. The van der Waals surface area contributed by atoms with E-state index in [-0.39, 0.29) is 23.0 Å². The summed E-state index contributed by atoms with van der Waals surface area (Å²) >= 11 is 3.29. The van der Waals surface area contributed by atoms with Crippen LogP contribution in [-0.2, 0) is 16.4 Å². The first-order valence-electron chi connectivity index (χ1n) is 8.15. The summed E-state index contributed by atoms with van der Waals surface area (Å²) in [5.41, 5.74) is 0.740. The molecule has 2 aromatic carbocycles. The van der Waals surface area contributed by atoms with Gasteiger partial charge in [-0.2, -0.15) is 0 Å². The number of benzene rings is 2. The van der Waals surface area contributed by atoms with E-state index < -0.39 is 9.84 Å². The molecule has 2 aromatic rings. The van der Waals surface area contributed by atoms with E-state index in [0.29, 0.717) is 19.0 Å². The fourth-order valence-electron chi connectivity index (χ4n) is 2.21. The molecule has 0 aromatic heterocycles. The van der Waals surface area contributed by atoms with Crippen LogP contribution in [0.2, 0.25) is 0 Å². The van der Waals surface area contributed by atoms with E-state index in [4.69, 9.17) is 0 Å². The molecule has 0 bridgehead atoms. The van der Waals surface area contributed by atoms with E-state index in [1.807, 2.05) is 6.92 Å². The molecule has 0 atom stereocenters. The lowest BCUT2D eigenvalue weighted by atomic mass is 10.2. The van der Waals surface area contributed by atoms with Gasteiger partial charge in [0.15, 0.2) is 15.8 Å². The normalized spacial score (nSPS) is 12.0. The molecule has 140 valence electrons. The van der Waals surface area contributed by atoms with Crippen molar-refractivity contribution in [2.45, 2.75) is 18.4 Å². The highest BCUT2D eigenvalue weighted by atomic mass is 79.9. The summed E-state index contributed by atoms with van der Waals surface area (Å²) in [6, 6.07) is 12.8. The molecule has 0 heterocycles. The van der Waals surface area contributed by atoms with Crippen LogP contribution in [0.5, 0.6) is 0 Å². The Bertz CT molecular complexity index is 855. The highest BCUT2D eigenvalue weighted by molar-refractivity contribution is 9.10. The van der Waals surface area contributed by atoms with Gasteiger partial charge in [-0.1, -0.05) is 28.1 Å². The van der Waals surface area contributed by atoms with Gasteiger partial charge >= 0.3 is 0 Å². The van der Waals surface area contributed by atoms with E-state index >= 15 is 0 Å². The fraction of sp³-hybridized carbons (Fsp3) is 0.278.